The maximum Gasteiger partial charge on any atom is 0.416 e. The molecule has 1 amide bonds. The van der Waals surface area contributed by atoms with Gasteiger partial charge in [-0.1, -0.05) is 29.5 Å². The average Bonchev–Trinajstić information content (AvgIpc) is 3.44. The number of likely N-dealkylation sites (tertiary alicyclic amines) is 1. The fourth-order valence-electron chi connectivity index (χ4n) is 4.86. The van der Waals surface area contributed by atoms with Crippen molar-refractivity contribution in [3.8, 4) is 22.9 Å². The predicted octanol–water partition coefficient (Wildman–Crippen LogP) is 6.94. The number of ether oxygens (including phenoxy) is 1. The minimum Gasteiger partial charge on any atom is -0.437 e. The van der Waals surface area contributed by atoms with Gasteiger partial charge in [-0.05, 0) is 51.0 Å². The Bertz CT molecular complexity index is 1480. The number of carbonyl (C=O) groups excluding carboxylic acids is 1. The van der Waals surface area contributed by atoms with E-state index in [9.17, 15) is 18.0 Å². The van der Waals surface area contributed by atoms with E-state index in [0.29, 0.717) is 52.0 Å². The molecule has 0 bridgehead atoms. The van der Waals surface area contributed by atoms with Gasteiger partial charge in [0.2, 0.25) is 11.8 Å². The smallest absolute Gasteiger partial charge is 0.416 e. The first-order valence-corrected chi connectivity index (χ1v) is 13.5. The summed E-state index contributed by atoms with van der Waals surface area (Å²) >= 11 is 1.33. The Morgan fingerprint density at radius 3 is 2.46 bits per heavy atom. The highest BCUT2D eigenvalue weighted by molar-refractivity contribution is 7.22. The number of halogens is 3. The van der Waals surface area contributed by atoms with Gasteiger partial charge >= 0.3 is 6.18 Å². The average molecular weight is 556 g/mol. The molecule has 7 nitrogen and oxygen atoms in total. The van der Waals surface area contributed by atoms with Crippen molar-refractivity contribution < 1.29 is 22.7 Å². The van der Waals surface area contributed by atoms with E-state index in [1.54, 1.807) is 12.1 Å². The number of para-hydroxylation sites is 1. The molecule has 39 heavy (non-hydrogen) atoms. The summed E-state index contributed by atoms with van der Waals surface area (Å²) < 4.78 is 46.4. The minimum absolute atomic E-state index is 0.222. The summed E-state index contributed by atoms with van der Waals surface area (Å²) in [5, 5.41) is 3.15. The molecule has 1 aliphatic rings. The third kappa shape index (κ3) is 6.20. The van der Waals surface area contributed by atoms with E-state index < -0.39 is 11.7 Å². The van der Waals surface area contributed by atoms with Gasteiger partial charge in [0, 0.05) is 43.6 Å². The quantitative estimate of drug-likeness (QED) is 0.266. The van der Waals surface area contributed by atoms with Crippen molar-refractivity contribution in [3.05, 3.63) is 59.9 Å². The van der Waals surface area contributed by atoms with Crippen LogP contribution in [0.1, 0.15) is 45.0 Å². The number of thiazole rings is 1. The third-order valence-electron chi connectivity index (χ3n) is 6.86. The van der Waals surface area contributed by atoms with Crippen LogP contribution in [0.4, 0.5) is 18.3 Å². The molecule has 0 saturated carbocycles. The number of aromatic nitrogens is 3. The molecule has 2 atom stereocenters. The van der Waals surface area contributed by atoms with Crippen molar-refractivity contribution in [2.75, 3.05) is 11.9 Å². The van der Waals surface area contributed by atoms with Crippen molar-refractivity contribution in [3.63, 3.8) is 0 Å². The summed E-state index contributed by atoms with van der Waals surface area (Å²) in [5.41, 5.74) is 0.844. The summed E-state index contributed by atoms with van der Waals surface area (Å²) in [5.74, 6) is 1.03. The van der Waals surface area contributed by atoms with Crippen LogP contribution in [0.25, 0.3) is 21.5 Å². The fraction of sp³-hybridized carbons (Fsp3) is 0.357. The van der Waals surface area contributed by atoms with Gasteiger partial charge in [-0.2, -0.15) is 18.2 Å². The molecule has 0 aliphatic carbocycles. The molecule has 5 rings (SSSR count). The number of hydrogen-bond donors (Lipinski definition) is 1. The van der Waals surface area contributed by atoms with Crippen LogP contribution in [0.2, 0.25) is 0 Å². The van der Waals surface area contributed by atoms with Crippen LogP contribution < -0.4 is 10.1 Å². The normalized spacial score (nSPS) is 18.0. The van der Waals surface area contributed by atoms with E-state index >= 15 is 0 Å². The summed E-state index contributed by atoms with van der Waals surface area (Å²) in [4.78, 5) is 27.7. The van der Waals surface area contributed by atoms with E-state index in [-0.39, 0.29) is 11.8 Å². The number of carbonyl (C=O) groups is 1. The van der Waals surface area contributed by atoms with E-state index in [2.05, 4.69) is 39.0 Å². The van der Waals surface area contributed by atoms with Crippen molar-refractivity contribution in [2.24, 2.45) is 0 Å². The molecule has 11 heteroatoms. The number of hydrogen-bond acceptors (Lipinski definition) is 7. The molecule has 2 aromatic carbocycles. The Balaban J connectivity index is 1.48. The fourth-order valence-corrected chi connectivity index (χ4v) is 5.78. The lowest BCUT2D eigenvalue weighted by atomic mass is 10.1. The number of benzene rings is 2. The number of nitrogens with one attached hydrogen (secondary N) is 1. The molecule has 1 N–H and O–H groups in total. The van der Waals surface area contributed by atoms with E-state index in [1.165, 1.54) is 30.4 Å². The van der Waals surface area contributed by atoms with Gasteiger partial charge in [0.15, 0.2) is 10.9 Å². The zero-order valence-corrected chi connectivity index (χ0v) is 22.6. The minimum atomic E-state index is -4.42. The number of anilines is 1. The van der Waals surface area contributed by atoms with Crippen LogP contribution in [-0.2, 0) is 17.4 Å². The number of fused-ring (bicyclic) bond motifs is 1. The largest absolute Gasteiger partial charge is 0.437 e. The summed E-state index contributed by atoms with van der Waals surface area (Å²) in [7, 11) is 0. The first kappa shape index (κ1) is 27.0. The highest BCUT2D eigenvalue weighted by atomic mass is 32.1. The zero-order chi connectivity index (χ0) is 27.7. The van der Waals surface area contributed by atoms with Gasteiger partial charge in [-0.15, -0.1) is 0 Å². The van der Waals surface area contributed by atoms with Crippen LogP contribution in [0.5, 0.6) is 11.6 Å². The maximum atomic E-state index is 13.1. The van der Waals surface area contributed by atoms with Gasteiger partial charge in [0.25, 0.3) is 0 Å². The Morgan fingerprint density at radius 2 is 1.79 bits per heavy atom. The highest BCUT2D eigenvalue weighted by Crippen LogP contribution is 2.36. The van der Waals surface area contributed by atoms with Gasteiger partial charge in [-0.3, -0.25) is 9.69 Å². The lowest BCUT2D eigenvalue weighted by Crippen LogP contribution is -2.34. The van der Waals surface area contributed by atoms with Crippen LogP contribution in [0.3, 0.4) is 0 Å². The Morgan fingerprint density at radius 1 is 1.08 bits per heavy atom. The summed E-state index contributed by atoms with van der Waals surface area (Å²) in [6, 6.07) is 12.9. The monoisotopic (exact) mass is 555 g/mol. The molecule has 0 radical (unpaired) electrons. The van der Waals surface area contributed by atoms with Gasteiger partial charge in [-0.25, -0.2) is 9.97 Å². The molecule has 204 valence electrons. The van der Waals surface area contributed by atoms with E-state index in [4.69, 9.17) is 4.74 Å². The Kier molecular flexibility index (Phi) is 7.55. The molecule has 2 unspecified atom stereocenters. The Labute approximate surface area is 228 Å². The van der Waals surface area contributed by atoms with Crippen molar-refractivity contribution >= 4 is 32.6 Å². The molecular formula is C28H28F3N5O2S. The second kappa shape index (κ2) is 10.9. The second-order valence-corrected chi connectivity index (χ2v) is 10.8. The van der Waals surface area contributed by atoms with Gasteiger partial charge in [0.1, 0.15) is 11.3 Å². The zero-order valence-electron chi connectivity index (χ0n) is 21.7. The Hall–Kier alpha value is -3.57. The van der Waals surface area contributed by atoms with Gasteiger partial charge < -0.3 is 10.1 Å². The molecular weight excluding hydrogens is 527 g/mol. The molecule has 4 aromatic rings. The first-order valence-electron chi connectivity index (χ1n) is 12.7. The second-order valence-electron chi connectivity index (χ2n) is 9.75. The van der Waals surface area contributed by atoms with Crippen LogP contribution >= 0.6 is 11.3 Å². The first-order chi connectivity index (χ1) is 18.6. The summed E-state index contributed by atoms with van der Waals surface area (Å²) in [6.45, 7) is 6.60. The number of alkyl halides is 3. The molecule has 2 aromatic heterocycles. The topological polar surface area (TPSA) is 80.2 Å². The summed E-state index contributed by atoms with van der Waals surface area (Å²) in [6.07, 6.45) is -1.58. The molecule has 1 fully saturated rings. The molecule has 1 saturated heterocycles. The molecule has 0 spiro atoms. The van der Waals surface area contributed by atoms with Gasteiger partial charge in [0.05, 0.1) is 16.0 Å². The SMILES string of the molecule is CC(=O)Nc1nc2c(Oc3cc(-c4ccc(C(F)(F)F)cc4)nc(CCN4C(C)CCC4C)n3)cccc2s1. The molecule has 3 heterocycles. The van der Waals surface area contributed by atoms with Crippen molar-refractivity contribution in [1.82, 2.24) is 19.9 Å². The van der Waals surface area contributed by atoms with Crippen LogP contribution in [-0.4, -0.2) is 44.4 Å². The standard InChI is InChI=1S/C28H28F3N5O2S/c1-16-7-8-17(2)36(16)14-13-24-33-21(19-9-11-20(12-10-19)28(29,30)31)15-25(34-24)38-22-5-4-6-23-26(22)35-27(39-23)32-18(3)37/h4-6,9-12,15-17H,7-8,13-14H2,1-3H3,(H,32,35,37). The lowest BCUT2D eigenvalue weighted by molar-refractivity contribution is -0.137. The van der Waals surface area contributed by atoms with Crippen LogP contribution in [0.15, 0.2) is 48.5 Å². The number of amides is 1. The van der Waals surface area contributed by atoms with Crippen molar-refractivity contribution in [2.45, 2.75) is 58.3 Å². The lowest BCUT2D eigenvalue weighted by Gasteiger charge is -2.25. The number of nitrogens with zero attached hydrogens (tertiary/aromatic N) is 4. The third-order valence-corrected chi connectivity index (χ3v) is 7.80. The highest BCUT2D eigenvalue weighted by Gasteiger charge is 2.30. The number of rotatable bonds is 7. The van der Waals surface area contributed by atoms with E-state index in [1.807, 2.05) is 12.1 Å². The van der Waals surface area contributed by atoms with E-state index in [0.717, 1.165) is 36.2 Å². The predicted molar refractivity (Wildman–Crippen MR) is 145 cm³/mol. The van der Waals surface area contributed by atoms with Crippen LogP contribution in [0, 0.1) is 0 Å². The molecule has 1 aliphatic heterocycles. The van der Waals surface area contributed by atoms with Crippen molar-refractivity contribution in [1.29, 1.82) is 0 Å². The maximum absolute atomic E-state index is 13.1.